The SMILES string of the molecule is Cc1cc([N+](=O)[O-])cc(Cl)c1N1CCN(Cc2nccn2C)CC1. The van der Waals surface area contributed by atoms with Gasteiger partial charge in [-0.3, -0.25) is 15.0 Å². The van der Waals surface area contributed by atoms with Crippen LogP contribution in [0.15, 0.2) is 24.5 Å². The lowest BCUT2D eigenvalue weighted by Gasteiger charge is -2.37. The average molecular weight is 350 g/mol. The smallest absolute Gasteiger partial charge is 0.271 e. The molecule has 7 nitrogen and oxygen atoms in total. The number of halogens is 1. The van der Waals surface area contributed by atoms with Gasteiger partial charge in [-0.15, -0.1) is 0 Å². The molecule has 1 aliphatic heterocycles. The van der Waals surface area contributed by atoms with Gasteiger partial charge >= 0.3 is 0 Å². The summed E-state index contributed by atoms with van der Waals surface area (Å²) in [5, 5.41) is 11.4. The number of non-ortho nitro benzene ring substituents is 1. The van der Waals surface area contributed by atoms with Gasteiger partial charge in [-0.05, 0) is 12.5 Å². The second-order valence-corrected chi connectivity index (χ2v) is 6.47. The van der Waals surface area contributed by atoms with Gasteiger partial charge in [-0.2, -0.15) is 0 Å². The zero-order valence-electron chi connectivity index (χ0n) is 13.8. The Morgan fingerprint density at radius 3 is 2.54 bits per heavy atom. The summed E-state index contributed by atoms with van der Waals surface area (Å²) >= 11 is 6.31. The Hall–Kier alpha value is -2.12. The Morgan fingerprint density at radius 2 is 2.00 bits per heavy atom. The number of nitro benzene ring substituents is 1. The zero-order valence-corrected chi connectivity index (χ0v) is 14.5. The fourth-order valence-electron chi connectivity index (χ4n) is 3.10. The van der Waals surface area contributed by atoms with E-state index in [0.29, 0.717) is 5.02 Å². The van der Waals surface area contributed by atoms with Crippen molar-refractivity contribution < 1.29 is 4.92 Å². The summed E-state index contributed by atoms with van der Waals surface area (Å²) < 4.78 is 2.03. The quantitative estimate of drug-likeness (QED) is 0.627. The van der Waals surface area contributed by atoms with Gasteiger partial charge in [-0.25, -0.2) is 4.98 Å². The topological polar surface area (TPSA) is 67.4 Å². The molecule has 0 atom stereocenters. The molecule has 0 bridgehead atoms. The number of piperazine rings is 1. The van der Waals surface area contributed by atoms with E-state index >= 15 is 0 Å². The highest BCUT2D eigenvalue weighted by Crippen LogP contribution is 2.34. The fourth-order valence-corrected chi connectivity index (χ4v) is 3.48. The lowest BCUT2D eigenvalue weighted by Crippen LogP contribution is -2.46. The average Bonchev–Trinajstić information content (AvgIpc) is 2.93. The molecule has 0 radical (unpaired) electrons. The van der Waals surface area contributed by atoms with Crippen LogP contribution in [0.5, 0.6) is 0 Å². The highest BCUT2D eigenvalue weighted by Gasteiger charge is 2.23. The molecule has 0 spiro atoms. The van der Waals surface area contributed by atoms with Crippen molar-refractivity contribution in [1.29, 1.82) is 0 Å². The molecule has 1 aliphatic rings. The van der Waals surface area contributed by atoms with Gasteiger partial charge in [0, 0.05) is 57.8 Å². The molecular formula is C16H20ClN5O2. The van der Waals surface area contributed by atoms with Gasteiger partial charge in [0.1, 0.15) is 5.82 Å². The second kappa shape index (κ2) is 6.78. The summed E-state index contributed by atoms with van der Waals surface area (Å²) in [7, 11) is 2.00. The summed E-state index contributed by atoms with van der Waals surface area (Å²) in [6.07, 6.45) is 3.76. The van der Waals surface area contributed by atoms with Crippen LogP contribution in [0.1, 0.15) is 11.4 Å². The molecule has 0 aliphatic carbocycles. The van der Waals surface area contributed by atoms with E-state index in [9.17, 15) is 10.1 Å². The van der Waals surface area contributed by atoms with Crippen molar-refractivity contribution in [2.75, 3.05) is 31.1 Å². The summed E-state index contributed by atoms with van der Waals surface area (Å²) in [6, 6.07) is 3.02. The van der Waals surface area contributed by atoms with E-state index in [-0.39, 0.29) is 5.69 Å². The predicted octanol–water partition coefficient (Wildman–Crippen LogP) is 2.61. The van der Waals surface area contributed by atoms with Crippen LogP contribution in [0.2, 0.25) is 5.02 Å². The van der Waals surface area contributed by atoms with Crippen LogP contribution < -0.4 is 4.90 Å². The lowest BCUT2D eigenvalue weighted by atomic mass is 10.1. The maximum Gasteiger partial charge on any atom is 0.271 e. The molecule has 2 aromatic rings. The number of aryl methyl sites for hydroxylation is 2. The van der Waals surface area contributed by atoms with E-state index in [2.05, 4.69) is 14.8 Å². The Balaban J connectivity index is 1.69. The standard InChI is InChI=1S/C16H20ClN5O2/c1-12-9-13(22(23)24)10-14(17)16(12)21-7-5-20(6-8-21)11-15-18-3-4-19(15)2/h3-4,9-10H,5-8,11H2,1-2H3. The van der Waals surface area contributed by atoms with Crippen molar-refractivity contribution >= 4 is 23.0 Å². The van der Waals surface area contributed by atoms with Crippen LogP contribution in [-0.4, -0.2) is 45.6 Å². The monoisotopic (exact) mass is 349 g/mol. The third kappa shape index (κ3) is 3.37. The van der Waals surface area contributed by atoms with E-state index in [1.54, 1.807) is 6.07 Å². The molecule has 1 aromatic heterocycles. The van der Waals surface area contributed by atoms with Crippen LogP contribution in [0.25, 0.3) is 0 Å². The lowest BCUT2D eigenvalue weighted by molar-refractivity contribution is -0.384. The first kappa shape index (κ1) is 16.7. The second-order valence-electron chi connectivity index (χ2n) is 6.07. The van der Waals surface area contributed by atoms with E-state index in [4.69, 9.17) is 11.6 Å². The molecule has 2 heterocycles. The molecule has 128 valence electrons. The number of hydrogen-bond acceptors (Lipinski definition) is 5. The number of nitro groups is 1. The molecule has 0 unspecified atom stereocenters. The molecule has 0 amide bonds. The molecule has 1 fully saturated rings. The molecule has 3 rings (SSSR count). The predicted molar refractivity (Wildman–Crippen MR) is 93.5 cm³/mol. The van der Waals surface area contributed by atoms with Gasteiger partial charge in [0.25, 0.3) is 5.69 Å². The van der Waals surface area contributed by atoms with E-state index < -0.39 is 4.92 Å². The van der Waals surface area contributed by atoms with Crippen LogP contribution in [0, 0.1) is 17.0 Å². The Morgan fingerprint density at radius 1 is 1.29 bits per heavy atom. The Labute approximate surface area is 145 Å². The maximum atomic E-state index is 10.9. The minimum atomic E-state index is -0.409. The molecule has 1 saturated heterocycles. The van der Waals surface area contributed by atoms with Crippen LogP contribution in [0.3, 0.4) is 0 Å². The van der Waals surface area contributed by atoms with Gasteiger partial charge in [0.15, 0.2) is 0 Å². The van der Waals surface area contributed by atoms with Crippen LogP contribution in [-0.2, 0) is 13.6 Å². The summed E-state index contributed by atoms with van der Waals surface area (Å²) in [5.74, 6) is 1.05. The number of anilines is 1. The Kier molecular flexibility index (Phi) is 4.73. The minimum Gasteiger partial charge on any atom is -0.368 e. The number of imidazole rings is 1. The van der Waals surface area contributed by atoms with Crippen molar-refractivity contribution in [3.8, 4) is 0 Å². The van der Waals surface area contributed by atoms with Crippen LogP contribution in [0.4, 0.5) is 11.4 Å². The van der Waals surface area contributed by atoms with Gasteiger partial charge in [-0.1, -0.05) is 11.6 Å². The van der Waals surface area contributed by atoms with Gasteiger partial charge in [0.2, 0.25) is 0 Å². The third-order valence-corrected chi connectivity index (χ3v) is 4.71. The zero-order chi connectivity index (χ0) is 17.3. The molecule has 24 heavy (non-hydrogen) atoms. The van der Waals surface area contributed by atoms with E-state index in [1.165, 1.54) is 6.07 Å². The summed E-state index contributed by atoms with van der Waals surface area (Å²) in [5.41, 5.74) is 1.78. The number of aromatic nitrogens is 2. The minimum absolute atomic E-state index is 0.0367. The number of hydrogen-bond donors (Lipinski definition) is 0. The Bertz CT molecular complexity index is 730. The first-order valence-electron chi connectivity index (χ1n) is 7.83. The van der Waals surface area contributed by atoms with Crippen molar-refractivity contribution in [2.24, 2.45) is 7.05 Å². The van der Waals surface area contributed by atoms with E-state index in [0.717, 1.165) is 49.8 Å². The largest absolute Gasteiger partial charge is 0.368 e. The highest BCUT2D eigenvalue weighted by atomic mass is 35.5. The fraction of sp³-hybridized carbons (Fsp3) is 0.438. The van der Waals surface area contributed by atoms with Gasteiger partial charge < -0.3 is 9.47 Å². The highest BCUT2D eigenvalue weighted by molar-refractivity contribution is 6.33. The maximum absolute atomic E-state index is 10.9. The summed E-state index contributed by atoms with van der Waals surface area (Å²) in [4.78, 5) is 19.4. The number of benzene rings is 1. The van der Waals surface area contributed by atoms with Gasteiger partial charge in [0.05, 0.1) is 22.2 Å². The van der Waals surface area contributed by atoms with Crippen molar-refractivity contribution in [3.05, 3.63) is 51.1 Å². The third-order valence-electron chi connectivity index (χ3n) is 4.42. The first-order chi connectivity index (χ1) is 11.5. The normalized spacial score (nSPS) is 15.7. The molecular weight excluding hydrogens is 330 g/mol. The van der Waals surface area contributed by atoms with Crippen molar-refractivity contribution in [1.82, 2.24) is 14.5 Å². The molecule has 0 N–H and O–H groups in total. The summed E-state index contributed by atoms with van der Waals surface area (Å²) in [6.45, 7) is 6.17. The first-order valence-corrected chi connectivity index (χ1v) is 8.21. The van der Waals surface area contributed by atoms with Crippen LogP contribution >= 0.6 is 11.6 Å². The molecule has 0 saturated carbocycles. The molecule has 1 aromatic carbocycles. The van der Waals surface area contributed by atoms with Crippen molar-refractivity contribution in [2.45, 2.75) is 13.5 Å². The molecule has 8 heteroatoms. The van der Waals surface area contributed by atoms with Crippen molar-refractivity contribution in [3.63, 3.8) is 0 Å². The number of nitrogens with zero attached hydrogens (tertiary/aromatic N) is 5. The van der Waals surface area contributed by atoms with E-state index in [1.807, 2.05) is 30.9 Å². The number of rotatable bonds is 4.